The fraction of sp³-hybridized carbons (Fsp3) is 0.818. The minimum atomic E-state index is 0.0870. The molecule has 1 rings (SSSR count). The predicted octanol–water partition coefficient (Wildman–Crippen LogP) is 1.83. The third kappa shape index (κ3) is 2.72. The largest absolute Gasteiger partial charge is 0.406 e. The maximum absolute atomic E-state index is 5.61. The van der Waals surface area contributed by atoms with Crippen molar-refractivity contribution in [1.29, 1.82) is 0 Å². The highest BCUT2D eigenvalue weighted by Gasteiger charge is 2.20. The molecule has 2 atom stereocenters. The molecule has 0 saturated carbocycles. The normalized spacial score (nSPS) is 15.2. The van der Waals surface area contributed by atoms with Crippen LogP contribution in [0, 0.1) is 5.92 Å². The Morgan fingerprint density at radius 2 is 1.81 bits per heavy atom. The number of nitrogens with one attached hydrogen (secondary N) is 1. The Bertz CT molecular complexity index is 324. The van der Waals surface area contributed by atoms with Gasteiger partial charge in [-0.25, -0.2) is 0 Å². The molecule has 1 aromatic rings. The smallest absolute Gasteiger partial charge is 0.318 e. The Morgan fingerprint density at radius 1 is 1.19 bits per heavy atom. The first-order chi connectivity index (χ1) is 7.47. The zero-order chi connectivity index (χ0) is 12.3. The van der Waals surface area contributed by atoms with Gasteiger partial charge in [0.1, 0.15) is 0 Å². The first-order valence-electron chi connectivity index (χ1n) is 5.70. The minimum absolute atomic E-state index is 0.0870. The first kappa shape index (κ1) is 13.0. The van der Waals surface area contributed by atoms with Gasteiger partial charge in [0.25, 0.3) is 0 Å². The van der Waals surface area contributed by atoms with Gasteiger partial charge in [-0.2, -0.15) is 0 Å². The number of anilines is 1. The second-order valence-corrected chi connectivity index (χ2v) is 4.53. The summed E-state index contributed by atoms with van der Waals surface area (Å²) in [5.74, 6) is 1.17. The lowest BCUT2D eigenvalue weighted by Crippen LogP contribution is -2.33. The van der Waals surface area contributed by atoms with E-state index in [1.807, 2.05) is 25.9 Å². The van der Waals surface area contributed by atoms with Crippen LogP contribution in [0.3, 0.4) is 0 Å². The van der Waals surface area contributed by atoms with Crippen molar-refractivity contribution >= 4 is 6.01 Å². The second kappa shape index (κ2) is 5.30. The maximum atomic E-state index is 5.61. The van der Waals surface area contributed by atoms with Crippen molar-refractivity contribution in [2.24, 2.45) is 5.92 Å². The minimum Gasteiger partial charge on any atom is -0.406 e. The van der Waals surface area contributed by atoms with E-state index in [0.29, 0.717) is 23.9 Å². The first-order valence-corrected chi connectivity index (χ1v) is 5.70. The van der Waals surface area contributed by atoms with Gasteiger partial charge in [0.15, 0.2) is 0 Å². The summed E-state index contributed by atoms with van der Waals surface area (Å²) < 4.78 is 5.61. The van der Waals surface area contributed by atoms with E-state index < -0.39 is 0 Å². The van der Waals surface area contributed by atoms with Crippen LogP contribution < -0.4 is 10.2 Å². The van der Waals surface area contributed by atoms with E-state index in [0.717, 1.165) is 0 Å². The molecule has 0 aliphatic carbocycles. The summed E-state index contributed by atoms with van der Waals surface area (Å²) in [4.78, 5) is 2.02. The van der Waals surface area contributed by atoms with Crippen LogP contribution in [0.4, 0.5) is 6.01 Å². The molecule has 0 radical (unpaired) electrons. The van der Waals surface area contributed by atoms with Crippen LogP contribution >= 0.6 is 0 Å². The van der Waals surface area contributed by atoms with Crippen LogP contribution in [0.25, 0.3) is 0 Å². The Kier molecular flexibility index (Phi) is 4.29. The lowest BCUT2D eigenvalue weighted by Gasteiger charge is -2.25. The van der Waals surface area contributed by atoms with Crippen molar-refractivity contribution in [1.82, 2.24) is 15.5 Å². The monoisotopic (exact) mass is 226 g/mol. The lowest BCUT2D eigenvalue weighted by molar-refractivity contribution is 0.411. The quantitative estimate of drug-likeness (QED) is 0.830. The molecule has 1 heterocycles. The van der Waals surface area contributed by atoms with E-state index >= 15 is 0 Å². The highest BCUT2D eigenvalue weighted by atomic mass is 16.4. The van der Waals surface area contributed by atoms with Gasteiger partial charge in [-0.3, -0.25) is 0 Å². The summed E-state index contributed by atoms with van der Waals surface area (Å²) in [5.41, 5.74) is 0. The zero-order valence-electron chi connectivity index (χ0n) is 11.0. The molecule has 2 unspecified atom stereocenters. The molecule has 0 aromatic carbocycles. The van der Waals surface area contributed by atoms with Crippen LogP contribution in [0.2, 0.25) is 0 Å². The van der Waals surface area contributed by atoms with Gasteiger partial charge in [-0.15, -0.1) is 5.10 Å². The molecule has 0 bridgehead atoms. The number of rotatable bonds is 5. The molecule has 0 aliphatic rings. The SMILES string of the molecule is CNC(C)c1nnc(N(C)C(C)C(C)C)o1. The molecule has 0 amide bonds. The van der Waals surface area contributed by atoms with Crippen LogP contribution in [0.1, 0.15) is 39.6 Å². The standard InChI is InChI=1S/C11H22N4O/c1-7(2)9(4)15(6)11-14-13-10(16-11)8(3)12-5/h7-9,12H,1-6H3. The van der Waals surface area contributed by atoms with Gasteiger partial charge in [-0.05, 0) is 26.8 Å². The molecule has 0 spiro atoms. The van der Waals surface area contributed by atoms with Crippen molar-refractivity contribution < 1.29 is 4.42 Å². The van der Waals surface area contributed by atoms with Gasteiger partial charge >= 0.3 is 6.01 Å². The predicted molar refractivity (Wildman–Crippen MR) is 64.5 cm³/mol. The van der Waals surface area contributed by atoms with Gasteiger partial charge in [0, 0.05) is 13.1 Å². The zero-order valence-corrected chi connectivity index (χ0v) is 11.0. The van der Waals surface area contributed by atoms with E-state index in [1.165, 1.54) is 0 Å². The molecule has 0 fully saturated rings. The van der Waals surface area contributed by atoms with Gasteiger partial charge < -0.3 is 14.6 Å². The average Bonchev–Trinajstić information content (AvgIpc) is 2.75. The van der Waals surface area contributed by atoms with Crippen molar-refractivity contribution in [2.75, 3.05) is 19.0 Å². The fourth-order valence-electron chi connectivity index (χ4n) is 1.29. The van der Waals surface area contributed by atoms with Crippen LogP contribution in [0.15, 0.2) is 4.42 Å². The Morgan fingerprint density at radius 3 is 2.31 bits per heavy atom. The van der Waals surface area contributed by atoms with E-state index in [1.54, 1.807) is 0 Å². The summed E-state index contributed by atoms with van der Waals surface area (Å²) in [6.45, 7) is 8.49. The summed E-state index contributed by atoms with van der Waals surface area (Å²) in [5, 5.41) is 11.2. The van der Waals surface area contributed by atoms with E-state index in [4.69, 9.17) is 4.42 Å². The summed E-state index contributed by atoms with van der Waals surface area (Å²) in [6.07, 6.45) is 0. The van der Waals surface area contributed by atoms with E-state index in [2.05, 4.69) is 36.3 Å². The van der Waals surface area contributed by atoms with Crippen LogP contribution in [-0.2, 0) is 0 Å². The molecule has 0 aliphatic heterocycles. The molecule has 92 valence electrons. The Balaban J connectivity index is 2.77. The number of hydrogen-bond acceptors (Lipinski definition) is 5. The number of aromatic nitrogens is 2. The third-order valence-corrected chi connectivity index (χ3v) is 3.11. The van der Waals surface area contributed by atoms with Crippen molar-refractivity contribution in [3.63, 3.8) is 0 Å². The molecular formula is C11H22N4O. The summed E-state index contributed by atoms with van der Waals surface area (Å²) >= 11 is 0. The van der Waals surface area contributed by atoms with Crippen LogP contribution in [0.5, 0.6) is 0 Å². The lowest BCUT2D eigenvalue weighted by atomic mass is 10.1. The molecular weight excluding hydrogens is 204 g/mol. The molecule has 1 N–H and O–H groups in total. The molecule has 5 heteroatoms. The van der Waals surface area contributed by atoms with Crippen molar-refractivity contribution in [3.8, 4) is 0 Å². The number of nitrogens with zero attached hydrogens (tertiary/aromatic N) is 3. The maximum Gasteiger partial charge on any atom is 0.318 e. The molecule has 5 nitrogen and oxygen atoms in total. The van der Waals surface area contributed by atoms with Gasteiger partial charge in [-0.1, -0.05) is 18.9 Å². The fourth-order valence-corrected chi connectivity index (χ4v) is 1.29. The van der Waals surface area contributed by atoms with E-state index in [-0.39, 0.29) is 6.04 Å². The number of hydrogen-bond donors (Lipinski definition) is 1. The van der Waals surface area contributed by atoms with Gasteiger partial charge in [0.2, 0.25) is 5.89 Å². The highest BCUT2D eigenvalue weighted by molar-refractivity contribution is 5.24. The highest BCUT2D eigenvalue weighted by Crippen LogP contribution is 2.20. The second-order valence-electron chi connectivity index (χ2n) is 4.53. The van der Waals surface area contributed by atoms with Crippen molar-refractivity contribution in [2.45, 2.75) is 39.8 Å². The summed E-state index contributed by atoms with van der Waals surface area (Å²) in [6, 6.07) is 1.04. The summed E-state index contributed by atoms with van der Waals surface area (Å²) in [7, 11) is 3.85. The topological polar surface area (TPSA) is 54.2 Å². The molecule has 1 aromatic heterocycles. The third-order valence-electron chi connectivity index (χ3n) is 3.11. The molecule has 0 saturated heterocycles. The Labute approximate surface area is 97.2 Å². The van der Waals surface area contributed by atoms with Crippen molar-refractivity contribution in [3.05, 3.63) is 5.89 Å². The molecule has 16 heavy (non-hydrogen) atoms. The Hall–Kier alpha value is -1.10. The van der Waals surface area contributed by atoms with E-state index in [9.17, 15) is 0 Å². The average molecular weight is 226 g/mol. The van der Waals surface area contributed by atoms with Gasteiger partial charge in [0.05, 0.1) is 6.04 Å². The van der Waals surface area contributed by atoms with Crippen LogP contribution in [-0.4, -0.2) is 30.3 Å².